The van der Waals surface area contributed by atoms with Crippen molar-refractivity contribution in [3.8, 4) is 5.75 Å². The highest BCUT2D eigenvalue weighted by Crippen LogP contribution is 2.21. The lowest BCUT2D eigenvalue weighted by atomic mass is 10.2. The van der Waals surface area contributed by atoms with Gasteiger partial charge in [0.1, 0.15) is 5.75 Å². The molecule has 14 heteroatoms. The number of nitrogens with two attached hydrogens (primary N) is 2. The Morgan fingerprint density at radius 1 is 0.688 bits per heavy atom. The van der Waals surface area contributed by atoms with E-state index in [9.17, 15) is 32.3 Å². The minimum absolute atomic E-state index is 0.189. The van der Waals surface area contributed by atoms with Gasteiger partial charge in [0.05, 0.1) is 30.9 Å². The minimum Gasteiger partial charge on any atom is -0.463 e. The molecule has 5 N–H and O–H groups in total. The highest BCUT2D eigenvalue weighted by molar-refractivity contribution is 5.93. The molecule has 0 aliphatic carbocycles. The van der Waals surface area contributed by atoms with Gasteiger partial charge in [-0.05, 0) is 98.3 Å². The van der Waals surface area contributed by atoms with Crippen LogP contribution in [0.2, 0.25) is 0 Å². The van der Waals surface area contributed by atoms with Gasteiger partial charge in [0.25, 0.3) is 0 Å². The predicted octanol–water partition coefficient (Wildman–Crippen LogP) is 6.94. The molecule has 0 atom stereocenters. The Balaban J connectivity index is 1.28. The second-order valence-electron chi connectivity index (χ2n) is 10.5. The number of hydrogen-bond acceptors (Lipinski definition) is 10. The molecule has 0 saturated heterocycles. The molecule has 0 spiro atoms. The molecule has 3 rings (SSSR count). The van der Waals surface area contributed by atoms with Crippen LogP contribution < -0.4 is 21.5 Å². The van der Waals surface area contributed by atoms with Gasteiger partial charge in [-0.25, -0.2) is 19.2 Å². The van der Waals surface area contributed by atoms with Crippen molar-refractivity contribution >= 4 is 47.1 Å². The number of carbonyl (C=O) groups excluding carboxylic acids is 4. The Morgan fingerprint density at radius 2 is 1.29 bits per heavy atom. The summed E-state index contributed by atoms with van der Waals surface area (Å²) < 4.78 is 56.9. The lowest BCUT2D eigenvalue weighted by molar-refractivity contribution is -0.138. The molecule has 256 valence electrons. The summed E-state index contributed by atoms with van der Waals surface area (Å²) in [6.07, 6.45) is -0.901. The van der Waals surface area contributed by atoms with Crippen LogP contribution in [0, 0.1) is 0 Å². The van der Waals surface area contributed by atoms with Gasteiger partial charge in [0.15, 0.2) is 0 Å². The topological polar surface area (TPSA) is 169 Å². The van der Waals surface area contributed by atoms with Crippen LogP contribution in [0.5, 0.6) is 5.75 Å². The number of halogens is 3. The zero-order valence-electron chi connectivity index (χ0n) is 25.9. The first-order chi connectivity index (χ1) is 22.9. The van der Waals surface area contributed by atoms with Gasteiger partial charge < -0.3 is 30.4 Å². The molecule has 0 aliphatic heterocycles. The van der Waals surface area contributed by atoms with Gasteiger partial charge in [-0.3, -0.25) is 5.32 Å². The summed E-state index contributed by atoms with van der Waals surface area (Å²) in [7, 11) is 0. The van der Waals surface area contributed by atoms with Crippen molar-refractivity contribution in [3.05, 3.63) is 89.5 Å². The van der Waals surface area contributed by atoms with Crippen LogP contribution in [0.3, 0.4) is 0 Å². The van der Waals surface area contributed by atoms with Crippen LogP contribution >= 0.6 is 0 Å². The fourth-order valence-corrected chi connectivity index (χ4v) is 4.08. The van der Waals surface area contributed by atoms with Crippen molar-refractivity contribution in [2.75, 3.05) is 36.6 Å². The number of carbonyl (C=O) groups is 4. The van der Waals surface area contributed by atoms with Crippen molar-refractivity contribution < 1.29 is 51.3 Å². The first-order valence-corrected chi connectivity index (χ1v) is 15.0. The third-order valence-electron chi connectivity index (χ3n) is 6.44. The molecule has 0 fully saturated rings. The number of anilines is 3. The molecule has 48 heavy (non-hydrogen) atoms. The zero-order valence-corrected chi connectivity index (χ0v) is 25.9. The van der Waals surface area contributed by atoms with Crippen molar-refractivity contribution in [2.24, 2.45) is 0 Å². The SMILES string of the molecule is Nc1cc(N)cc(C(=O)OCCCCCCOC(=O)C=Cc2ccc(OC(=O)c3ccc(NC(=O)OCCCC(F)(F)F)cc3)cc2)c1. The summed E-state index contributed by atoms with van der Waals surface area (Å²) in [4.78, 5) is 48.3. The van der Waals surface area contributed by atoms with E-state index >= 15 is 0 Å². The van der Waals surface area contributed by atoms with E-state index < -0.39 is 36.6 Å². The van der Waals surface area contributed by atoms with Crippen LogP contribution in [0.25, 0.3) is 6.08 Å². The van der Waals surface area contributed by atoms with Crippen molar-refractivity contribution in [1.29, 1.82) is 0 Å². The van der Waals surface area contributed by atoms with Gasteiger partial charge in [0, 0.05) is 29.6 Å². The number of nitrogens with one attached hydrogen (secondary N) is 1. The van der Waals surface area contributed by atoms with E-state index in [2.05, 4.69) is 5.32 Å². The number of benzene rings is 3. The molecule has 3 aromatic carbocycles. The number of rotatable bonds is 16. The van der Waals surface area contributed by atoms with E-state index in [0.717, 1.165) is 12.8 Å². The Bertz CT molecular complexity index is 1540. The zero-order chi connectivity index (χ0) is 34.9. The maximum Gasteiger partial charge on any atom is 0.411 e. The number of amides is 1. The van der Waals surface area contributed by atoms with Gasteiger partial charge in [-0.2, -0.15) is 13.2 Å². The molecule has 0 aliphatic rings. The highest BCUT2D eigenvalue weighted by Gasteiger charge is 2.26. The van der Waals surface area contributed by atoms with Crippen LogP contribution in [-0.4, -0.2) is 50.0 Å². The van der Waals surface area contributed by atoms with Gasteiger partial charge >= 0.3 is 30.2 Å². The monoisotopic (exact) mass is 671 g/mol. The standard InChI is InChI=1S/C34H36F3N3O8/c35-34(36,37)16-5-19-47-33(44)40-28-11-9-24(10-12-28)32(43)48-29-13-6-23(7-14-29)8-15-30(41)45-17-3-1-2-4-18-46-31(42)25-20-26(38)22-27(39)21-25/h6-15,20-22H,1-5,16-19,38-39H2,(H,40,44). The Kier molecular flexibility index (Phi) is 14.3. The Hall–Kier alpha value is -5.53. The molecule has 0 saturated carbocycles. The number of unbranched alkanes of at least 4 members (excludes halogenated alkanes) is 3. The Labute approximate surface area is 275 Å². The summed E-state index contributed by atoms with van der Waals surface area (Å²) in [6.45, 7) is 0.109. The predicted molar refractivity (Wildman–Crippen MR) is 172 cm³/mol. The number of nitrogen functional groups attached to an aromatic ring is 2. The third kappa shape index (κ3) is 14.3. The maximum absolute atomic E-state index is 12.5. The quantitative estimate of drug-likeness (QED) is 0.0362. The summed E-state index contributed by atoms with van der Waals surface area (Å²) in [5, 5.41) is 2.36. The average Bonchev–Trinajstić information content (AvgIpc) is 3.03. The van der Waals surface area contributed by atoms with Crippen LogP contribution in [-0.2, 0) is 19.0 Å². The maximum atomic E-state index is 12.5. The first-order valence-electron chi connectivity index (χ1n) is 15.0. The van der Waals surface area contributed by atoms with Crippen LogP contribution in [0.1, 0.15) is 64.8 Å². The molecule has 0 heterocycles. The van der Waals surface area contributed by atoms with Crippen molar-refractivity contribution in [3.63, 3.8) is 0 Å². The number of hydrogen-bond donors (Lipinski definition) is 3. The summed E-state index contributed by atoms with van der Waals surface area (Å²) >= 11 is 0. The van der Waals surface area contributed by atoms with E-state index in [-0.39, 0.29) is 43.2 Å². The highest BCUT2D eigenvalue weighted by atomic mass is 19.4. The van der Waals surface area contributed by atoms with Crippen molar-refractivity contribution in [1.82, 2.24) is 0 Å². The third-order valence-corrected chi connectivity index (χ3v) is 6.44. The largest absolute Gasteiger partial charge is 0.463 e. The fraction of sp³-hybridized carbons (Fsp3) is 0.294. The lowest BCUT2D eigenvalue weighted by Crippen LogP contribution is -2.16. The normalized spacial score (nSPS) is 11.1. The molecular weight excluding hydrogens is 635 g/mol. The van der Waals surface area contributed by atoms with Crippen molar-refractivity contribution in [2.45, 2.75) is 44.7 Å². The van der Waals surface area contributed by atoms with Gasteiger partial charge in [0.2, 0.25) is 0 Å². The molecule has 0 bridgehead atoms. The lowest BCUT2D eigenvalue weighted by Gasteiger charge is -2.09. The van der Waals surface area contributed by atoms with Gasteiger partial charge in [-0.15, -0.1) is 0 Å². The Morgan fingerprint density at radius 3 is 1.92 bits per heavy atom. The molecular formula is C34H36F3N3O8. The minimum atomic E-state index is -4.32. The number of esters is 3. The second-order valence-corrected chi connectivity index (χ2v) is 10.5. The van der Waals surface area contributed by atoms with Crippen LogP contribution in [0.4, 0.5) is 35.0 Å². The molecule has 0 radical (unpaired) electrons. The molecule has 0 unspecified atom stereocenters. The number of alkyl halides is 3. The average molecular weight is 672 g/mol. The smallest absolute Gasteiger partial charge is 0.411 e. The van der Waals surface area contributed by atoms with E-state index in [4.69, 9.17) is 30.4 Å². The molecule has 11 nitrogen and oxygen atoms in total. The molecule has 1 amide bonds. The fourth-order valence-electron chi connectivity index (χ4n) is 4.08. The van der Waals surface area contributed by atoms with E-state index in [1.165, 1.54) is 42.5 Å². The first kappa shape index (κ1) is 36.9. The van der Waals surface area contributed by atoms with E-state index in [0.29, 0.717) is 35.3 Å². The second kappa shape index (κ2) is 18.6. The number of ether oxygens (including phenoxy) is 4. The van der Waals surface area contributed by atoms with E-state index in [1.807, 2.05) is 0 Å². The summed E-state index contributed by atoms with van der Waals surface area (Å²) in [6, 6.07) is 16.6. The van der Waals surface area contributed by atoms with E-state index in [1.54, 1.807) is 36.4 Å². The molecule has 0 aromatic heterocycles. The molecule has 3 aromatic rings. The summed E-state index contributed by atoms with van der Waals surface area (Å²) in [5.41, 5.74) is 13.6. The van der Waals surface area contributed by atoms with Gasteiger partial charge in [-0.1, -0.05) is 12.1 Å². The summed E-state index contributed by atoms with van der Waals surface area (Å²) in [5.74, 6) is -1.40. The van der Waals surface area contributed by atoms with Crippen LogP contribution in [0.15, 0.2) is 72.8 Å².